The molecule has 2 aromatic rings. The quantitative estimate of drug-likeness (QED) is 0.859. The number of aliphatic hydroxyl groups excluding tert-OH is 1. The van der Waals surface area contributed by atoms with Crippen LogP contribution in [-0.2, 0) is 6.42 Å². The van der Waals surface area contributed by atoms with E-state index in [0.717, 1.165) is 24.2 Å². The van der Waals surface area contributed by atoms with E-state index < -0.39 is 6.10 Å². The van der Waals surface area contributed by atoms with Crippen LogP contribution in [0.4, 0.5) is 0 Å². The van der Waals surface area contributed by atoms with E-state index in [0.29, 0.717) is 11.8 Å². The zero-order chi connectivity index (χ0) is 17.3. The first-order valence-corrected chi connectivity index (χ1v) is 8.77. The van der Waals surface area contributed by atoms with Gasteiger partial charge < -0.3 is 5.11 Å². The summed E-state index contributed by atoms with van der Waals surface area (Å²) in [5.41, 5.74) is 0.600. The molecule has 5 heteroatoms. The third-order valence-electron chi connectivity index (χ3n) is 5.67. The minimum absolute atomic E-state index is 0.00325. The Morgan fingerprint density at radius 2 is 2.00 bits per heavy atom. The first kappa shape index (κ1) is 15.6. The number of hydrogen-bond donors (Lipinski definition) is 1. The minimum atomic E-state index is -0.415. The Bertz CT molecular complexity index is 873. The summed E-state index contributed by atoms with van der Waals surface area (Å²) in [6.45, 7) is 8.55. The van der Waals surface area contributed by atoms with Crippen molar-refractivity contribution in [2.24, 2.45) is 5.41 Å². The van der Waals surface area contributed by atoms with E-state index >= 15 is 0 Å². The van der Waals surface area contributed by atoms with Crippen LogP contribution in [0.5, 0.6) is 0 Å². The average molecular weight is 327 g/mol. The molecule has 0 radical (unpaired) electrons. The molecule has 128 valence electrons. The SMILES string of the molecule is CCc1nc2ccccc2c(=O)n1N1[C@H]2[C@@H](O)CC(C)(C)C[C@]21C. The van der Waals surface area contributed by atoms with Gasteiger partial charge in [-0.05, 0) is 37.3 Å². The average Bonchev–Trinajstić information content (AvgIpc) is 3.10. The van der Waals surface area contributed by atoms with Crippen molar-refractivity contribution < 1.29 is 5.11 Å². The summed E-state index contributed by atoms with van der Waals surface area (Å²) in [7, 11) is 0. The number of aromatic nitrogens is 2. The fraction of sp³-hybridized carbons (Fsp3) is 0.579. The maximum Gasteiger partial charge on any atom is 0.280 e. The van der Waals surface area contributed by atoms with Crippen LogP contribution >= 0.6 is 0 Å². The fourth-order valence-corrected chi connectivity index (χ4v) is 4.89. The smallest absolute Gasteiger partial charge is 0.280 e. The van der Waals surface area contributed by atoms with Crippen LogP contribution in [0, 0.1) is 5.41 Å². The van der Waals surface area contributed by atoms with Gasteiger partial charge >= 0.3 is 0 Å². The van der Waals surface area contributed by atoms with E-state index in [1.165, 1.54) is 0 Å². The fourth-order valence-electron chi connectivity index (χ4n) is 4.89. The summed E-state index contributed by atoms with van der Waals surface area (Å²) in [6, 6.07) is 7.49. The first-order valence-electron chi connectivity index (χ1n) is 8.77. The molecule has 0 bridgehead atoms. The van der Waals surface area contributed by atoms with Crippen LogP contribution in [-0.4, -0.2) is 32.5 Å². The second-order valence-corrected chi connectivity index (χ2v) is 8.27. The van der Waals surface area contributed by atoms with E-state index in [-0.39, 0.29) is 22.6 Å². The lowest BCUT2D eigenvalue weighted by Crippen LogP contribution is -2.38. The van der Waals surface area contributed by atoms with Gasteiger partial charge in [-0.15, -0.1) is 0 Å². The summed E-state index contributed by atoms with van der Waals surface area (Å²) in [6.07, 6.45) is 1.99. The standard InChI is InChI=1S/C19H25N3O2/c1-5-15-20-13-9-7-6-8-12(13)17(24)21(15)22-16-14(23)10-18(2,3)11-19(16,22)4/h6-9,14,16,23H,5,10-11H2,1-4H3/t14-,16-,19+,22?/m0/s1. The molecule has 2 aliphatic rings. The molecule has 2 fully saturated rings. The third kappa shape index (κ3) is 2.04. The van der Waals surface area contributed by atoms with Crippen LogP contribution in [0.15, 0.2) is 29.1 Å². The molecule has 1 saturated carbocycles. The van der Waals surface area contributed by atoms with Gasteiger partial charge in [0.1, 0.15) is 5.82 Å². The summed E-state index contributed by atoms with van der Waals surface area (Å²) in [5, 5.41) is 13.4. The topological polar surface area (TPSA) is 58.1 Å². The zero-order valence-electron chi connectivity index (χ0n) is 14.8. The van der Waals surface area contributed by atoms with Crippen LogP contribution in [0.25, 0.3) is 10.9 Å². The van der Waals surface area contributed by atoms with Crippen molar-refractivity contribution in [3.05, 3.63) is 40.4 Å². The largest absolute Gasteiger partial charge is 0.391 e. The van der Waals surface area contributed by atoms with Gasteiger partial charge in [0.05, 0.1) is 28.6 Å². The predicted molar refractivity (Wildman–Crippen MR) is 94.8 cm³/mol. The molecule has 1 N–H and O–H groups in total. The Balaban J connectivity index is 1.89. The Morgan fingerprint density at radius 1 is 1.29 bits per heavy atom. The van der Waals surface area contributed by atoms with Crippen molar-refractivity contribution >= 4 is 10.9 Å². The summed E-state index contributed by atoms with van der Waals surface area (Å²) in [5.74, 6) is 0.763. The van der Waals surface area contributed by atoms with Crippen LogP contribution in [0.1, 0.15) is 46.4 Å². The van der Waals surface area contributed by atoms with Gasteiger partial charge in [0.25, 0.3) is 5.56 Å². The van der Waals surface area contributed by atoms with E-state index in [1.54, 1.807) is 4.68 Å². The molecule has 24 heavy (non-hydrogen) atoms. The molecular formula is C19H25N3O2. The lowest BCUT2D eigenvalue weighted by Gasteiger charge is -2.33. The highest BCUT2D eigenvalue weighted by Gasteiger charge is 2.68. The van der Waals surface area contributed by atoms with E-state index in [1.807, 2.05) is 31.2 Å². The number of fused-ring (bicyclic) bond motifs is 2. The van der Waals surface area contributed by atoms with Crippen molar-refractivity contribution in [2.75, 3.05) is 5.01 Å². The molecule has 0 unspecified atom stereocenters. The predicted octanol–water partition coefficient (Wildman–Crippen LogP) is 2.22. The van der Waals surface area contributed by atoms with Gasteiger partial charge in [0.15, 0.2) is 0 Å². The molecule has 1 saturated heterocycles. The molecule has 2 heterocycles. The zero-order valence-corrected chi connectivity index (χ0v) is 14.8. The first-order chi connectivity index (χ1) is 11.3. The van der Waals surface area contributed by atoms with Crippen molar-refractivity contribution in [3.8, 4) is 0 Å². The number of benzene rings is 1. The maximum atomic E-state index is 13.1. The van der Waals surface area contributed by atoms with Crippen LogP contribution in [0.3, 0.4) is 0 Å². The molecule has 1 aliphatic heterocycles. The van der Waals surface area contributed by atoms with E-state index in [2.05, 4.69) is 25.8 Å². The Morgan fingerprint density at radius 3 is 2.71 bits per heavy atom. The summed E-state index contributed by atoms with van der Waals surface area (Å²) >= 11 is 0. The number of rotatable bonds is 2. The van der Waals surface area contributed by atoms with Crippen molar-refractivity contribution in [2.45, 2.75) is 64.6 Å². The van der Waals surface area contributed by atoms with Gasteiger partial charge in [0.2, 0.25) is 0 Å². The third-order valence-corrected chi connectivity index (χ3v) is 5.67. The Kier molecular flexibility index (Phi) is 3.14. The molecule has 1 aromatic heterocycles. The van der Waals surface area contributed by atoms with Gasteiger partial charge in [-0.1, -0.05) is 32.9 Å². The second kappa shape index (κ2) is 4.82. The highest BCUT2D eigenvalue weighted by Crippen LogP contribution is 2.54. The number of aliphatic hydroxyl groups is 1. The number of aryl methyl sites for hydroxylation is 1. The molecule has 0 amide bonds. The molecule has 1 aliphatic carbocycles. The highest BCUT2D eigenvalue weighted by atomic mass is 16.3. The number of hydrogen-bond acceptors (Lipinski definition) is 4. The lowest BCUT2D eigenvalue weighted by atomic mass is 9.71. The normalized spacial score (nSPS) is 31.1. The van der Waals surface area contributed by atoms with Crippen molar-refractivity contribution in [3.63, 3.8) is 0 Å². The molecule has 5 nitrogen and oxygen atoms in total. The monoisotopic (exact) mass is 327 g/mol. The summed E-state index contributed by atoms with van der Waals surface area (Å²) < 4.78 is 1.73. The minimum Gasteiger partial charge on any atom is -0.391 e. The molecular weight excluding hydrogens is 302 g/mol. The second-order valence-electron chi connectivity index (χ2n) is 8.27. The van der Waals surface area contributed by atoms with Crippen molar-refractivity contribution in [1.82, 2.24) is 9.66 Å². The van der Waals surface area contributed by atoms with Crippen LogP contribution in [0.2, 0.25) is 0 Å². The van der Waals surface area contributed by atoms with Gasteiger partial charge in [-0.25, -0.2) is 9.66 Å². The van der Waals surface area contributed by atoms with E-state index in [9.17, 15) is 9.90 Å². The van der Waals surface area contributed by atoms with Gasteiger partial charge in [0, 0.05) is 6.42 Å². The summed E-state index contributed by atoms with van der Waals surface area (Å²) in [4.78, 5) is 17.8. The van der Waals surface area contributed by atoms with E-state index in [4.69, 9.17) is 4.98 Å². The Hall–Kier alpha value is -1.88. The highest BCUT2D eigenvalue weighted by molar-refractivity contribution is 5.77. The molecule has 1 aromatic carbocycles. The van der Waals surface area contributed by atoms with Crippen molar-refractivity contribution in [1.29, 1.82) is 0 Å². The Labute approximate surface area is 141 Å². The van der Waals surface area contributed by atoms with Gasteiger partial charge in [-0.2, -0.15) is 0 Å². The maximum absolute atomic E-state index is 13.1. The lowest BCUT2D eigenvalue weighted by molar-refractivity contribution is 0.0726. The number of para-hydroxylation sites is 1. The molecule has 0 spiro atoms. The molecule has 3 atom stereocenters. The number of nitrogens with zero attached hydrogens (tertiary/aromatic N) is 3. The van der Waals surface area contributed by atoms with Gasteiger partial charge in [-0.3, -0.25) is 9.80 Å². The molecule has 4 rings (SSSR count). The van der Waals surface area contributed by atoms with Crippen LogP contribution < -0.4 is 10.6 Å².